The van der Waals surface area contributed by atoms with E-state index in [1.54, 1.807) is 0 Å². The number of carbonyl (C=O) groups is 1. The number of carbonyl (C=O) groups excluding carboxylic acids is 1. The molecule has 2 rings (SSSR count). The summed E-state index contributed by atoms with van der Waals surface area (Å²) < 4.78 is 37.0. The highest BCUT2D eigenvalue weighted by Gasteiger charge is 2.32. The second-order valence-electron chi connectivity index (χ2n) is 6.60. The van der Waals surface area contributed by atoms with Crippen molar-refractivity contribution in [3.63, 3.8) is 0 Å². The van der Waals surface area contributed by atoms with Gasteiger partial charge in [-0.2, -0.15) is 13.2 Å². The van der Waals surface area contributed by atoms with E-state index in [9.17, 15) is 32.7 Å². The van der Waals surface area contributed by atoms with Crippen LogP contribution >= 0.6 is 0 Å². The van der Waals surface area contributed by atoms with Crippen molar-refractivity contribution in [3.05, 3.63) is 44.2 Å². The molecule has 0 fully saturated rings. The highest BCUT2D eigenvalue weighted by atomic mass is 19.4. The number of hydrogen-bond donors (Lipinski definition) is 3. The molecule has 10 heteroatoms. The number of rotatable bonds is 6. The normalized spacial score (nSPS) is 12.3. The molecule has 1 unspecified atom stereocenters. The lowest BCUT2D eigenvalue weighted by molar-refractivity contribution is -0.136. The lowest BCUT2D eigenvalue weighted by Crippen LogP contribution is -2.39. The number of anilines is 3. The molecule has 28 heavy (non-hydrogen) atoms. The van der Waals surface area contributed by atoms with Gasteiger partial charge >= 0.3 is 6.18 Å². The third-order valence-electron chi connectivity index (χ3n) is 3.29. The van der Waals surface area contributed by atoms with Crippen LogP contribution in [0.5, 0.6) is 5.75 Å². The molecule has 0 aliphatic heterocycles. The van der Waals surface area contributed by atoms with Crippen molar-refractivity contribution in [2.75, 3.05) is 31.8 Å². The fourth-order valence-corrected chi connectivity index (χ4v) is 2.19. The standard InChI is InChI=1S/C15H13F3N2O4.C3H9N/c1-7(5-15(16,17)18)19-10-11(14(24)13(10)23)20-9-4-2-3-8(6-21)12(9)22;1-4(2)3/h2-4,6-7,19-20,22H,5H2,1H3;1-3H3. The summed E-state index contributed by atoms with van der Waals surface area (Å²) >= 11 is 0. The van der Waals surface area contributed by atoms with Crippen molar-refractivity contribution in [1.29, 1.82) is 0 Å². The lowest BCUT2D eigenvalue weighted by Gasteiger charge is -2.20. The Morgan fingerprint density at radius 3 is 2.18 bits per heavy atom. The summed E-state index contributed by atoms with van der Waals surface area (Å²) in [7, 11) is 6.00. The maximum atomic E-state index is 12.3. The van der Waals surface area contributed by atoms with Gasteiger partial charge in [-0.25, -0.2) is 0 Å². The number of aldehydes is 1. The Morgan fingerprint density at radius 2 is 1.68 bits per heavy atom. The molecule has 1 atom stereocenters. The predicted octanol–water partition coefficient (Wildman–Crippen LogP) is 2.47. The highest BCUT2D eigenvalue weighted by Crippen LogP contribution is 2.31. The Morgan fingerprint density at radius 1 is 1.14 bits per heavy atom. The summed E-state index contributed by atoms with van der Waals surface area (Å²) in [6, 6.07) is 2.99. The van der Waals surface area contributed by atoms with Crippen LogP contribution in [0.2, 0.25) is 0 Å². The molecule has 0 amide bonds. The van der Waals surface area contributed by atoms with E-state index in [1.807, 2.05) is 26.0 Å². The number of aromatic hydroxyl groups is 1. The van der Waals surface area contributed by atoms with Crippen LogP contribution in [-0.4, -0.2) is 49.7 Å². The van der Waals surface area contributed by atoms with E-state index in [-0.39, 0.29) is 22.6 Å². The smallest absolute Gasteiger partial charge is 0.391 e. The van der Waals surface area contributed by atoms with Crippen LogP contribution in [0.1, 0.15) is 23.7 Å². The summed E-state index contributed by atoms with van der Waals surface area (Å²) in [6.45, 7) is 1.22. The van der Waals surface area contributed by atoms with Crippen molar-refractivity contribution in [2.45, 2.75) is 25.6 Å². The molecule has 2 aromatic rings. The largest absolute Gasteiger partial charge is 0.505 e. The number of alkyl halides is 3. The minimum atomic E-state index is -4.42. The number of benzene rings is 1. The van der Waals surface area contributed by atoms with Gasteiger partial charge in [-0.15, -0.1) is 0 Å². The van der Waals surface area contributed by atoms with Gasteiger partial charge in [0.1, 0.15) is 17.1 Å². The van der Waals surface area contributed by atoms with Crippen LogP contribution in [-0.2, 0) is 0 Å². The van der Waals surface area contributed by atoms with Crippen molar-refractivity contribution in [2.24, 2.45) is 0 Å². The first-order valence-electron chi connectivity index (χ1n) is 8.19. The third-order valence-corrected chi connectivity index (χ3v) is 3.29. The number of nitrogens with zero attached hydrogens (tertiary/aromatic N) is 1. The van der Waals surface area contributed by atoms with Crippen LogP contribution in [0.15, 0.2) is 27.8 Å². The maximum absolute atomic E-state index is 12.3. The van der Waals surface area contributed by atoms with Gasteiger partial charge in [-0.3, -0.25) is 14.4 Å². The van der Waals surface area contributed by atoms with Gasteiger partial charge in [-0.05, 0) is 40.2 Å². The number of nitrogens with one attached hydrogen (secondary N) is 2. The Hall–Kier alpha value is -2.88. The molecule has 7 nitrogen and oxygen atoms in total. The molecule has 0 heterocycles. The molecule has 0 radical (unpaired) electrons. The Kier molecular flexibility index (Phi) is 7.74. The first kappa shape index (κ1) is 23.2. The average Bonchev–Trinajstić information content (AvgIpc) is 2.56. The summed E-state index contributed by atoms with van der Waals surface area (Å²) in [5.74, 6) is -0.435. The molecule has 2 aromatic carbocycles. The fourth-order valence-electron chi connectivity index (χ4n) is 2.19. The van der Waals surface area contributed by atoms with E-state index < -0.39 is 35.2 Å². The summed E-state index contributed by atoms with van der Waals surface area (Å²) in [4.78, 5) is 36.0. The van der Waals surface area contributed by atoms with Gasteiger partial charge in [0.05, 0.1) is 17.7 Å². The van der Waals surface area contributed by atoms with Crippen LogP contribution in [0.3, 0.4) is 0 Å². The van der Waals surface area contributed by atoms with Gasteiger partial charge in [0.25, 0.3) is 10.9 Å². The zero-order valence-corrected chi connectivity index (χ0v) is 15.8. The van der Waals surface area contributed by atoms with Gasteiger partial charge in [0.2, 0.25) is 0 Å². The highest BCUT2D eigenvalue weighted by molar-refractivity contribution is 5.87. The minimum Gasteiger partial charge on any atom is -0.505 e. The lowest BCUT2D eigenvalue weighted by atomic mass is 10.1. The topological polar surface area (TPSA) is 98.7 Å². The first-order chi connectivity index (χ1) is 12.9. The molecule has 154 valence electrons. The van der Waals surface area contributed by atoms with Gasteiger partial charge < -0.3 is 20.6 Å². The van der Waals surface area contributed by atoms with Gasteiger partial charge in [0, 0.05) is 6.04 Å². The van der Waals surface area contributed by atoms with E-state index in [0.29, 0.717) is 6.29 Å². The summed E-state index contributed by atoms with van der Waals surface area (Å²) in [5.41, 5.74) is -2.47. The third kappa shape index (κ3) is 6.38. The molecular weight excluding hydrogens is 379 g/mol. The van der Waals surface area contributed by atoms with Gasteiger partial charge in [0.15, 0.2) is 6.29 Å². The van der Waals surface area contributed by atoms with Crippen molar-refractivity contribution < 1.29 is 23.1 Å². The second kappa shape index (κ2) is 9.36. The van der Waals surface area contributed by atoms with Crippen molar-refractivity contribution in [3.8, 4) is 5.75 Å². The first-order valence-corrected chi connectivity index (χ1v) is 8.19. The zero-order chi connectivity index (χ0) is 21.6. The van der Waals surface area contributed by atoms with E-state index in [0.717, 1.165) is 0 Å². The van der Waals surface area contributed by atoms with Crippen LogP contribution in [0, 0.1) is 0 Å². The van der Waals surface area contributed by atoms with E-state index in [4.69, 9.17) is 0 Å². The second-order valence-corrected chi connectivity index (χ2v) is 6.60. The number of phenolic OH excluding ortho intramolecular Hbond substituents is 1. The monoisotopic (exact) mass is 401 g/mol. The molecule has 0 aliphatic rings. The minimum absolute atomic E-state index is 0.0155. The molecule has 0 spiro atoms. The molecule has 0 bridgehead atoms. The zero-order valence-electron chi connectivity index (χ0n) is 15.8. The Labute approximate surface area is 159 Å². The molecule has 0 saturated carbocycles. The summed E-state index contributed by atoms with van der Waals surface area (Å²) in [6.07, 6.45) is -5.21. The molecule has 0 saturated heterocycles. The van der Waals surface area contributed by atoms with E-state index >= 15 is 0 Å². The Balaban J connectivity index is 0.000000892. The van der Waals surface area contributed by atoms with Crippen molar-refractivity contribution >= 4 is 23.3 Å². The van der Waals surface area contributed by atoms with Crippen LogP contribution in [0.25, 0.3) is 0 Å². The summed E-state index contributed by atoms with van der Waals surface area (Å²) in [5, 5.41) is 14.7. The van der Waals surface area contributed by atoms with Gasteiger partial charge in [-0.1, -0.05) is 6.07 Å². The average molecular weight is 401 g/mol. The van der Waals surface area contributed by atoms with E-state index in [2.05, 4.69) is 10.6 Å². The predicted molar refractivity (Wildman–Crippen MR) is 101 cm³/mol. The van der Waals surface area contributed by atoms with Crippen molar-refractivity contribution in [1.82, 2.24) is 4.90 Å². The fraction of sp³-hybridized carbons (Fsp3) is 0.389. The molecule has 0 aliphatic carbocycles. The SMILES string of the molecule is CC(CC(F)(F)F)Nc1c(Nc2cccc(C=O)c2O)c(=O)c1=O.CN(C)C. The number of phenols is 1. The number of hydrogen-bond acceptors (Lipinski definition) is 7. The maximum Gasteiger partial charge on any atom is 0.391 e. The van der Waals surface area contributed by atoms with E-state index in [1.165, 1.54) is 25.1 Å². The molecule has 3 N–H and O–H groups in total. The number of para-hydroxylation sites is 1. The quantitative estimate of drug-likeness (QED) is 0.389. The van der Waals surface area contributed by atoms with Crippen LogP contribution < -0.4 is 21.5 Å². The molecule has 0 aromatic heterocycles. The van der Waals surface area contributed by atoms with Crippen LogP contribution in [0.4, 0.5) is 30.2 Å². The number of halogens is 3. The molecular formula is C18H22F3N3O4. The Bertz CT molecular complexity index is 884.